The Hall–Kier alpha value is -2.46. The molecule has 0 N–H and O–H groups in total. The summed E-state index contributed by atoms with van der Waals surface area (Å²) in [5.41, 5.74) is 4.14. The van der Waals surface area contributed by atoms with Crippen LogP contribution in [-0.2, 0) is 13.6 Å². The van der Waals surface area contributed by atoms with Crippen molar-refractivity contribution in [3.63, 3.8) is 0 Å². The van der Waals surface area contributed by atoms with Crippen molar-refractivity contribution in [2.75, 3.05) is 13.2 Å². The lowest BCUT2D eigenvalue weighted by atomic mass is 10.1. The van der Waals surface area contributed by atoms with Crippen LogP contribution in [0.3, 0.4) is 0 Å². The number of hydrogen-bond acceptors (Lipinski definition) is 4. The van der Waals surface area contributed by atoms with Crippen LogP contribution in [0, 0.1) is 0 Å². The molecule has 2 aromatic heterocycles. The second-order valence-corrected chi connectivity index (χ2v) is 8.03. The fourth-order valence-electron chi connectivity index (χ4n) is 3.34. The first-order valence-corrected chi connectivity index (χ1v) is 10.6. The second-order valence-electron chi connectivity index (χ2n) is 6.07. The van der Waals surface area contributed by atoms with Crippen molar-refractivity contribution in [2.45, 2.75) is 13.8 Å². The summed E-state index contributed by atoms with van der Waals surface area (Å²) in [5, 5.41) is 0.510. The van der Waals surface area contributed by atoms with Crippen molar-refractivity contribution < 1.29 is 13.6 Å². The van der Waals surface area contributed by atoms with E-state index in [1.807, 2.05) is 85.1 Å². The number of imidazole rings is 1. The molecule has 0 atom stereocenters. The molecule has 4 rings (SSSR count). The zero-order valence-corrected chi connectivity index (χ0v) is 16.2. The van der Waals surface area contributed by atoms with E-state index in [2.05, 4.69) is 0 Å². The number of para-hydroxylation sites is 2. The molecule has 0 bridgehead atoms. The summed E-state index contributed by atoms with van der Waals surface area (Å²) in [7, 11) is -3.56. The van der Waals surface area contributed by atoms with Gasteiger partial charge in [0.25, 0.3) is 0 Å². The van der Waals surface area contributed by atoms with Gasteiger partial charge in [0.1, 0.15) is 5.30 Å². The molecule has 0 aliphatic carbocycles. The number of fused-ring (bicyclic) bond motifs is 3. The van der Waals surface area contributed by atoms with Gasteiger partial charge in [-0.05, 0) is 37.6 Å². The highest BCUT2D eigenvalue weighted by molar-refractivity contribution is 7.63. The van der Waals surface area contributed by atoms with E-state index in [9.17, 15) is 4.57 Å². The predicted molar refractivity (Wildman–Crippen MR) is 109 cm³/mol. The summed E-state index contributed by atoms with van der Waals surface area (Å²) in [5.74, 6) is 0. The molecule has 0 aliphatic heterocycles. The van der Waals surface area contributed by atoms with Crippen molar-refractivity contribution in [3.8, 4) is 11.1 Å². The minimum Gasteiger partial charge on any atom is -0.305 e. The lowest BCUT2D eigenvalue weighted by Gasteiger charge is -2.21. The summed E-state index contributed by atoms with van der Waals surface area (Å²) in [4.78, 5) is 4.76. The summed E-state index contributed by atoms with van der Waals surface area (Å²) in [6.45, 7) is 4.20. The summed E-state index contributed by atoms with van der Waals surface area (Å²) in [6.07, 6.45) is 1.96. The van der Waals surface area contributed by atoms with Gasteiger partial charge in [0.15, 0.2) is 5.65 Å². The van der Waals surface area contributed by atoms with Gasteiger partial charge in [0.05, 0.1) is 24.2 Å². The van der Waals surface area contributed by atoms with Crippen LogP contribution in [0.1, 0.15) is 13.8 Å². The lowest BCUT2D eigenvalue weighted by Crippen LogP contribution is -2.17. The highest BCUT2D eigenvalue weighted by atomic mass is 31.2. The number of hydrogen-bond donors (Lipinski definition) is 0. The molecule has 0 aliphatic rings. The lowest BCUT2D eigenvalue weighted by molar-refractivity contribution is 0.230. The molecule has 6 heteroatoms. The molecule has 0 radical (unpaired) electrons. The molecule has 0 unspecified atom stereocenters. The predicted octanol–water partition coefficient (Wildman–Crippen LogP) is 5.05. The van der Waals surface area contributed by atoms with Crippen molar-refractivity contribution in [1.82, 2.24) is 9.38 Å². The zero-order chi connectivity index (χ0) is 18.9. The Bertz CT molecular complexity index is 1130. The van der Waals surface area contributed by atoms with Crippen molar-refractivity contribution in [3.05, 3.63) is 66.9 Å². The fraction of sp³-hybridized carbons (Fsp3) is 0.190. The average molecular weight is 380 g/mol. The average Bonchev–Trinajstić information content (AvgIpc) is 3.07. The SMILES string of the molecule is CCOP(=O)(OCC)c1c(-c2ccccc2)ccn2c1nc1ccccc12. The minimum atomic E-state index is -3.56. The molecule has 2 heterocycles. The van der Waals surface area contributed by atoms with Crippen LogP contribution in [-0.4, -0.2) is 22.6 Å². The first-order valence-electron chi connectivity index (χ1n) is 9.03. The van der Waals surface area contributed by atoms with E-state index in [0.29, 0.717) is 11.0 Å². The highest BCUT2D eigenvalue weighted by Crippen LogP contribution is 2.50. The Labute approximate surface area is 158 Å². The number of rotatable bonds is 6. The van der Waals surface area contributed by atoms with Gasteiger partial charge in [-0.2, -0.15) is 0 Å². The summed E-state index contributed by atoms with van der Waals surface area (Å²) < 4.78 is 27.2. The Kier molecular flexibility index (Phi) is 4.83. The van der Waals surface area contributed by atoms with Crippen molar-refractivity contribution in [1.29, 1.82) is 0 Å². The van der Waals surface area contributed by atoms with E-state index in [4.69, 9.17) is 14.0 Å². The van der Waals surface area contributed by atoms with E-state index < -0.39 is 7.60 Å². The van der Waals surface area contributed by atoms with Crippen molar-refractivity contribution >= 4 is 29.6 Å². The number of nitrogens with zero attached hydrogens (tertiary/aromatic N) is 2. The minimum absolute atomic E-state index is 0.285. The largest absolute Gasteiger partial charge is 0.365 e. The van der Waals surface area contributed by atoms with Crippen LogP contribution >= 0.6 is 7.60 Å². The van der Waals surface area contributed by atoms with E-state index >= 15 is 0 Å². The highest BCUT2D eigenvalue weighted by Gasteiger charge is 2.34. The molecule has 0 fully saturated rings. The van der Waals surface area contributed by atoms with Crippen LogP contribution in [0.5, 0.6) is 0 Å². The molecule has 4 aromatic rings. The van der Waals surface area contributed by atoms with Gasteiger partial charge in [-0.3, -0.25) is 8.97 Å². The summed E-state index contributed by atoms with van der Waals surface area (Å²) in [6, 6.07) is 19.6. The first-order chi connectivity index (χ1) is 13.2. The van der Waals surface area contributed by atoms with Crippen molar-refractivity contribution in [2.24, 2.45) is 0 Å². The monoisotopic (exact) mass is 380 g/mol. The number of pyridine rings is 1. The third kappa shape index (κ3) is 3.08. The van der Waals surface area contributed by atoms with Crippen LogP contribution in [0.15, 0.2) is 66.9 Å². The van der Waals surface area contributed by atoms with E-state index in [1.54, 1.807) is 0 Å². The maximum Gasteiger partial charge on any atom is 0.365 e. The molecule has 0 saturated heterocycles. The topological polar surface area (TPSA) is 52.8 Å². The Morgan fingerprint density at radius 1 is 0.926 bits per heavy atom. The van der Waals surface area contributed by atoms with Gasteiger partial charge in [0.2, 0.25) is 0 Å². The third-order valence-electron chi connectivity index (χ3n) is 4.41. The summed E-state index contributed by atoms with van der Waals surface area (Å²) >= 11 is 0. The van der Waals surface area contributed by atoms with Gasteiger partial charge in [0, 0.05) is 11.8 Å². The molecule has 138 valence electrons. The van der Waals surface area contributed by atoms with Gasteiger partial charge in [-0.25, -0.2) is 4.98 Å². The van der Waals surface area contributed by atoms with E-state index in [-0.39, 0.29) is 13.2 Å². The van der Waals surface area contributed by atoms with Gasteiger partial charge in [-0.15, -0.1) is 0 Å². The Balaban J connectivity index is 2.11. The van der Waals surface area contributed by atoms with Gasteiger partial charge >= 0.3 is 7.60 Å². The second kappa shape index (κ2) is 7.28. The molecule has 2 aromatic carbocycles. The molecule has 0 amide bonds. The van der Waals surface area contributed by atoms with Gasteiger partial charge in [-0.1, -0.05) is 42.5 Å². The normalized spacial score (nSPS) is 12.1. The van der Waals surface area contributed by atoms with E-state index in [1.165, 1.54) is 0 Å². The first kappa shape index (κ1) is 17.9. The molecule has 27 heavy (non-hydrogen) atoms. The van der Waals surface area contributed by atoms with Crippen LogP contribution in [0.4, 0.5) is 0 Å². The smallest absolute Gasteiger partial charge is 0.305 e. The molecule has 0 spiro atoms. The van der Waals surface area contributed by atoms with Gasteiger partial charge < -0.3 is 9.05 Å². The van der Waals surface area contributed by atoms with E-state index in [0.717, 1.165) is 22.2 Å². The maximum absolute atomic E-state index is 13.8. The van der Waals surface area contributed by atoms with Crippen LogP contribution in [0.2, 0.25) is 0 Å². The Morgan fingerprint density at radius 2 is 1.59 bits per heavy atom. The molecular weight excluding hydrogens is 359 g/mol. The van der Waals surface area contributed by atoms with Crippen LogP contribution in [0.25, 0.3) is 27.8 Å². The zero-order valence-electron chi connectivity index (χ0n) is 15.3. The maximum atomic E-state index is 13.8. The third-order valence-corrected chi connectivity index (χ3v) is 6.59. The molecular formula is C21H21N2O3P. The quantitative estimate of drug-likeness (QED) is 0.440. The molecule has 5 nitrogen and oxygen atoms in total. The fourth-order valence-corrected chi connectivity index (χ4v) is 5.25. The number of aromatic nitrogens is 2. The van der Waals surface area contributed by atoms with Crippen LogP contribution < -0.4 is 5.30 Å². The standard InChI is InChI=1S/C21H21N2O3P/c1-3-25-27(24,26-4-2)20-17(16-10-6-5-7-11-16)14-15-23-19-13-9-8-12-18(19)22-21(20)23/h5-15H,3-4H2,1-2H3. The Morgan fingerprint density at radius 3 is 2.30 bits per heavy atom. The number of benzene rings is 2. The molecule has 0 saturated carbocycles.